The number of anilines is 1. The average Bonchev–Trinajstić information content (AvgIpc) is 2.89. The monoisotopic (exact) mass is 534 g/mol. The molecule has 1 aliphatic carbocycles. The fraction of sp³-hybridized carbons (Fsp3) is 0.367. The molecule has 0 aromatic heterocycles. The molecule has 0 bridgehead atoms. The molecule has 4 rings (SSSR count). The molecule has 0 heterocycles. The van der Waals surface area contributed by atoms with Gasteiger partial charge >= 0.3 is 0 Å². The van der Waals surface area contributed by atoms with Crippen LogP contribution in [0, 0.1) is 6.92 Å². The van der Waals surface area contributed by atoms with E-state index in [9.17, 15) is 4.79 Å². The van der Waals surface area contributed by atoms with Gasteiger partial charge < -0.3 is 15.0 Å². The van der Waals surface area contributed by atoms with Gasteiger partial charge in [-0.05, 0) is 83.6 Å². The number of nitrogens with one attached hydrogen (secondary N) is 1. The summed E-state index contributed by atoms with van der Waals surface area (Å²) >= 11 is 3.54. The Kier molecular flexibility index (Phi) is 8.86. The maximum absolute atomic E-state index is 13.4. The van der Waals surface area contributed by atoms with Gasteiger partial charge in [-0.25, -0.2) is 0 Å². The van der Waals surface area contributed by atoms with Crippen LogP contribution >= 0.6 is 15.9 Å². The molecule has 1 amide bonds. The highest BCUT2D eigenvalue weighted by Crippen LogP contribution is 2.32. The van der Waals surface area contributed by atoms with Crippen molar-refractivity contribution in [3.63, 3.8) is 0 Å². The molecule has 184 valence electrons. The van der Waals surface area contributed by atoms with Crippen LogP contribution < -0.4 is 10.1 Å². The molecule has 0 radical (unpaired) electrons. The molecule has 5 heteroatoms. The minimum Gasteiger partial charge on any atom is -0.456 e. The molecule has 0 atom stereocenters. The molecule has 1 saturated carbocycles. The lowest BCUT2D eigenvalue weighted by molar-refractivity contribution is 0.0634. The van der Waals surface area contributed by atoms with Crippen molar-refractivity contribution in [2.75, 3.05) is 11.9 Å². The molecule has 4 nitrogen and oxygen atoms in total. The molecule has 0 saturated heterocycles. The van der Waals surface area contributed by atoms with E-state index in [4.69, 9.17) is 4.74 Å². The van der Waals surface area contributed by atoms with Gasteiger partial charge in [0.25, 0.3) is 5.91 Å². The first kappa shape index (κ1) is 25.3. The van der Waals surface area contributed by atoms with Crippen LogP contribution in [0.3, 0.4) is 0 Å². The predicted octanol–water partition coefficient (Wildman–Crippen LogP) is 8.35. The first-order valence-electron chi connectivity index (χ1n) is 12.7. The fourth-order valence-electron chi connectivity index (χ4n) is 4.77. The minimum absolute atomic E-state index is 0.167. The van der Waals surface area contributed by atoms with Crippen LogP contribution in [0.4, 0.5) is 5.69 Å². The lowest BCUT2D eigenvalue weighted by atomic mass is 9.93. The van der Waals surface area contributed by atoms with Crippen molar-refractivity contribution in [3.05, 3.63) is 87.9 Å². The fourth-order valence-corrected chi connectivity index (χ4v) is 5.14. The summed E-state index contributed by atoms with van der Waals surface area (Å²) in [7, 11) is 0. The van der Waals surface area contributed by atoms with E-state index in [1.807, 2.05) is 54.6 Å². The average molecular weight is 536 g/mol. The van der Waals surface area contributed by atoms with Gasteiger partial charge in [0, 0.05) is 36.4 Å². The summed E-state index contributed by atoms with van der Waals surface area (Å²) in [5.41, 5.74) is 4.03. The van der Waals surface area contributed by atoms with E-state index < -0.39 is 0 Å². The molecule has 1 fully saturated rings. The lowest BCUT2D eigenvalue weighted by Gasteiger charge is -2.34. The number of carbonyl (C=O) groups is 1. The first-order chi connectivity index (χ1) is 17.0. The minimum atomic E-state index is 0.167. The van der Waals surface area contributed by atoms with E-state index in [-0.39, 0.29) is 5.91 Å². The van der Waals surface area contributed by atoms with E-state index in [2.05, 4.69) is 52.1 Å². The molecule has 1 aliphatic rings. The smallest absolute Gasteiger partial charge is 0.254 e. The third-order valence-corrected chi connectivity index (χ3v) is 7.33. The van der Waals surface area contributed by atoms with Gasteiger partial charge in [-0.3, -0.25) is 4.79 Å². The van der Waals surface area contributed by atoms with Gasteiger partial charge in [0.2, 0.25) is 0 Å². The number of hydrogen-bond acceptors (Lipinski definition) is 3. The second-order valence-corrected chi connectivity index (χ2v) is 10.2. The maximum atomic E-state index is 13.4. The summed E-state index contributed by atoms with van der Waals surface area (Å²) in [4.78, 5) is 15.6. The van der Waals surface area contributed by atoms with Crippen LogP contribution in [-0.2, 0) is 6.54 Å². The van der Waals surface area contributed by atoms with E-state index in [1.165, 1.54) is 19.3 Å². The van der Waals surface area contributed by atoms with Gasteiger partial charge in [0.05, 0.1) is 4.47 Å². The Bertz CT molecular complexity index is 1140. The molecule has 0 unspecified atom stereocenters. The normalized spacial score (nSPS) is 13.9. The highest BCUT2D eigenvalue weighted by atomic mass is 79.9. The number of nitrogens with zero attached hydrogens (tertiary/aromatic N) is 1. The van der Waals surface area contributed by atoms with Crippen LogP contribution in [-0.4, -0.2) is 23.4 Å². The van der Waals surface area contributed by atoms with Gasteiger partial charge in [0.1, 0.15) is 11.5 Å². The standard InChI is InChI=1S/C30H35BrN2O2/c1-3-18-33(25-12-5-4-6-13-25)30(34)24-11-9-10-23(19-24)21-32-28-20-26(17-16-22(28)2)35-29-15-8-7-14-27(29)31/h7-11,14-17,19-20,25,32H,3-6,12-13,18,21H2,1-2H3. The Morgan fingerprint density at radius 1 is 1.03 bits per heavy atom. The number of ether oxygens (including phenoxy) is 1. The first-order valence-corrected chi connectivity index (χ1v) is 13.5. The Labute approximate surface area is 217 Å². The van der Waals surface area contributed by atoms with Crippen molar-refractivity contribution in [3.8, 4) is 11.5 Å². The van der Waals surface area contributed by atoms with Crippen molar-refractivity contribution in [2.45, 2.75) is 65.0 Å². The number of benzene rings is 3. The van der Waals surface area contributed by atoms with Crippen molar-refractivity contribution < 1.29 is 9.53 Å². The quantitative estimate of drug-likeness (QED) is 0.299. The maximum Gasteiger partial charge on any atom is 0.254 e. The summed E-state index contributed by atoms with van der Waals surface area (Å²) in [6, 6.07) is 22.3. The number of aryl methyl sites for hydroxylation is 1. The Hall–Kier alpha value is -2.79. The number of carbonyl (C=O) groups excluding carboxylic acids is 1. The summed E-state index contributed by atoms with van der Waals surface area (Å²) in [6.07, 6.45) is 6.99. The van der Waals surface area contributed by atoms with Gasteiger partial charge in [-0.2, -0.15) is 0 Å². The Balaban J connectivity index is 1.45. The Morgan fingerprint density at radius 3 is 2.60 bits per heavy atom. The largest absolute Gasteiger partial charge is 0.456 e. The van der Waals surface area contributed by atoms with E-state index in [0.29, 0.717) is 12.6 Å². The third kappa shape index (κ3) is 6.66. The number of amides is 1. The van der Waals surface area contributed by atoms with E-state index >= 15 is 0 Å². The Morgan fingerprint density at radius 2 is 1.83 bits per heavy atom. The number of halogens is 1. The van der Waals surface area contributed by atoms with Crippen LogP contribution in [0.15, 0.2) is 71.2 Å². The van der Waals surface area contributed by atoms with Crippen molar-refractivity contribution >= 4 is 27.5 Å². The molecule has 0 spiro atoms. The number of para-hydroxylation sites is 1. The molecule has 0 aliphatic heterocycles. The zero-order valence-corrected chi connectivity index (χ0v) is 22.3. The molecular formula is C30H35BrN2O2. The topological polar surface area (TPSA) is 41.6 Å². The number of hydrogen-bond donors (Lipinski definition) is 1. The summed E-state index contributed by atoms with van der Waals surface area (Å²) in [6.45, 7) is 5.70. The highest BCUT2D eigenvalue weighted by molar-refractivity contribution is 9.10. The second-order valence-electron chi connectivity index (χ2n) is 9.35. The second kappa shape index (κ2) is 12.3. The van der Waals surface area contributed by atoms with Crippen LogP contribution in [0.2, 0.25) is 0 Å². The SMILES string of the molecule is CCCN(C(=O)c1cccc(CNc2cc(Oc3ccccc3Br)ccc2C)c1)C1CCCCC1. The molecule has 1 N–H and O–H groups in total. The van der Waals surface area contributed by atoms with E-state index in [0.717, 1.165) is 64.2 Å². The van der Waals surface area contributed by atoms with Crippen molar-refractivity contribution in [2.24, 2.45) is 0 Å². The third-order valence-electron chi connectivity index (χ3n) is 6.67. The van der Waals surface area contributed by atoms with Gasteiger partial charge in [-0.1, -0.05) is 56.5 Å². The van der Waals surface area contributed by atoms with Crippen LogP contribution in [0.25, 0.3) is 0 Å². The van der Waals surface area contributed by atoms with Crippen molar-refractivity contribution in [1.29, 1.82) is 0 Å². The summed E-state index contributed by atoms with van der Waals surface area (Å²) in [5.74, 6) is 1.72. The van der Waals surface area contributed by atoms with Crippen molar-refractivity contribution in [1.82, 2.24) is 4.90 Å². The summed E-state index contributed by atoms with van der Waals surface area (Å²) < 4.78 is 7.00. The molecule has 3 aromatic carbocycles. The molecule has 3 aromatic rings. The summed E-state index contributed by atoms with van der Waals surface area (Å²) in [5, 5.41) is 3.54. The molecular weight excluding hydrogens is 500 g/mol. The van der Waals surface area contributed by atoms with Gasteiger partial charge in [-0.15, -0.1) is 0 Å². The number of rotatable bonds is 9. The van der Waals surface area contributed by atoms with Crippen LogP contribution in [0.5, 0.6) is 11.5 Å². The van der Waals surface area contributed by atoms with E-state index in [1.54, 1.807) is 0 Å². The zero-order chi connectivity index (χ0) is 24.6. The zero-order valence-electron chi connectivity index (χ0n) is 20.7. The molecule has 35 heavy (non-hydrogen) atoms. The van der Waals surface area contributed by atoms with Crippen LogP contribution in [0.1, 0.15) is 66.9 Å². The van der Waals surface area contributed by atoms with Gasteiger partial charge in [0.15, 0.2) is 0 Å². The lowest BCUT2D eigenvalue weighted by Crippen LogP contribution is -2.42. The highest BCUT2D eigenvalue weighted by Gasteiger charge is 2.25. The predicted molar refractivity (Wildman–Crippen MR) is 147 cm³/mol.